The number of thioether (sulfide) groups is 1. The van der Waals surface area contributed by atoms with Gasteiger partial charge in [-0.25, -0.2) is 4.39 Å². The van der Waals surface area contributed by atoms with Crippen LogP contribution in [0.5, 0.6) is 0 Å². The molecule has 2 aromatic carbocycles. The van der Waals surface area contributed by atoms with Crippen molar-refractivity contribution in [3.8, 4) is 0 Å². The smallest absolute Gasteiger partial charge is 0.294 e. The molecule has 0 radical (unpaired) electrons. The molecule has 1 aliphatic heterocycles. The van der Waals surface area contributed by atoms with Crippen molar-refractivity contribution in [1.29, 1.82) is 0 Å². The minimum Gasteiger partial charge on any atom is -0.325 e. The number of carbonyl (C=O) groups excluding carboxylic acids is 3. The number of hydrogen-bond acceptors (Lipinski definition) is 6. The molecule has 1 saturated heterocycles. The van der Waals surface area contributed by atoms with E-state index in [-0.39, 0.29) is 10.6 Å². The molecule has 3 rings (SSSR count). The maximum Gasteiger partial charge on any atom is 0.294 e. The average molecular weight is 401 g/mol. The molecule has 0 aromatic heterocycles. The minimum absolute atomic E-state index is 0.0556. The number of nitrogens with one attached hydrogen (secondary N) is 1. The quantitative estimate of drug-likeness (QED) is 0.467. The average Bonchev–Trinajstić information content (AvgIpc) is 2.91. The molecule has 10 heteroatoms. The Bertz CT molecular complexity index is 1010. The molecule has 8 nitrogen and oxygen atoms in total. The van der Waals surface area contributed by atoms with Crippen LogP contribution in [-0.2, 0) is 9.59 Å². The lowest BCUT2D eigenvalue weighted by atomic mass is 10.2. The van der Waals surface area contributed by atoms with Gasteiger partial charge in [-0.3, -0.25) is 29.4 Å². The SMILES string of the molecule is O=C(CN1C(=O)S/C(=C\c2cccc([N+](=O)[O-])c2)C1=O)Nc1ccc(F)cc1. The first-order valence-corrected chi connectivity index (χ1v) is 8.70. The van der Waals surface area contributed by atoms with E-state index < -0.39 is 34.3 Å². The minimum atomic E-state index is -0.671. The summed E-state index contributed by atoms with van der Waals surface area (Å²) in [6, 6.07) is 10.6. The largest absolute Gasteiger partial charge is 0.325 e. The summed E-state index contributed by atoms with van der Waals surface area (Å²) >= 11 is 0.640. The monoisotopic (exact) mass is 401 g/mol. The van der Waals surface area contributed by atoms with Gasteiger partial charge in [0.2, 0.25) is 5.91 Å². The van der Waals surface area contributed by atoms with E-state index >= 15 is 0 Å². The van der Waals surface area contributed by atoms with Gasteiger partial charge < -0.3 is 5.32 Å². The van der Waals surface area contributed by atoms with Gasteiger partial charge >= 0.3 is 0 Å². The topological polar surface area (TPSA) is 110 Å². The first kappa shape index (κ1) is 19.2. The van der Waals surface area contributed by atoms with E-state index in [1.807, 2.05) is 0 Å². The fraction of sp³-hybridized carbons (Fsp3) is 0.0556. The Morgan fingerprint density at radius 3 is 2.61 bits per heavy atom. The molecule has 3 amide bonds. The van der Waals surface area contributed by atoms with E-state index in [1.54, 1.807) is 6.07 Å². The first-order valence-electron chi connectivity index (χ1n) is 7.89. The first-order chi connectivity index (χ1) is 13.3. The number of halogens is 1. The van der Waals surface area contributed by atoms with Crippen LogP contribution in [0, 0.1) is 15.9 Å². The summed E-state index contributed by atoms with van der Waals surface area (Å²) in [4.78, 5) is 47.7. The predicted molar refractivity (Wildman–Crippen MR) is 101 cm³/mol. The molecular weight excluding hydrogens is 389 g/mol. The Kier molecular flexibility index (Phi) is 5.50. The van der Waals surface area contributed by atoms with Gasteiger partial charge in [-0.15, -0.1) is 0 Å². The van der Waals surface area contributed by atoms with Crippen molar-refractivity contribution in [3.63, 3.8) is 0 Å². The molecule has 0 atom stereocenters. The van der Waals surface area contributed by atoms with E-state index in [1.165, 1.54) is 36.4 Å². The maximum absolute atomic E-state index is 12.9. The molecule has 142 valence electrons. The van der Waals surface area contributed by atoms with Gasteiger partial charge in [0.15, 0.2) is 0 Å². The Labute approximate surface area is 162 Å². The summed E-state index contributed by atoms with van der Waals surface area (Å²) in [5.41, 5.74) is 0.563. The number of imide groups is 1. The molecule has 0 spiro atoms. The van der Waals surface area contributed by atoms with Crippen LogP contribution < -0.4 is 5.32 Å². The van der Waals surface area contributed by atoms with Gasteiger partial charge in [-0.2, -0.15) is 0 Å². The molecule has 0 aliphatic carbocycles. The van der Waals surface area contributed by atoms with Crippen LogP contribution in [0.4, 0.5) is 20.6 Å². The van der Waals surface area contributed by atoms with E-state index in [0.717, 1.165) is 17.0 Å². The number of carbonyl (C=O) groups is 3. The summed E-state index contributed by atoms with van der Waals surface area (Å²) in [5, 5.41) is 12.7. The molecule has 1 fully saturated rings. The summed E-state index contributed by atoms with van der Waals surface area (Å²) in [6.07, 6.45) is 1.36. The lowest BCUT2D eigenvalue weighted by molar-refractivity contribution is -0.384. The second kappa shape index (κ2) is 8.01. The highest BCUT2D eigenvalue weighted by Gasteiger charge is 2.36. The number of anilines is 1. The number of amides is 3. The molecule has 1 aliphatic rings. The molecule has 1 heterocycles. The third-order valence-electron chi connectivity index (χ3n) is 3.68. The Morgan fingerprint density at radius 1 is 1.21 bits per heavy atom. The van der Waals surface area contributed by atoms with Gasteiger partial charge in [0.25, 0.3) is 16.8 Å². The van der Waals surface area contributed by atoms with Crippen molar-refractivity contribution < 1.29 is 23.7 Å². The molecule has 28 heavy (non-hydrogen) atoms. The standard InChI is InChI=1S/C18H12FN3O5S/c19-12-4-6-13(7-5-12)20-16(23)10-21-17(24)15(28-18(21)25)9-11-2-1-3-14(8-11)22(26)27/h1-9H,10H2,(H,20,23)/b15-9-. The Balaban J connectivity index is 1.71. The van der Waals surface area contributed by atoms with Gasteiger partial charge in [0.05, 0.1) is 9.83 Å². The van der Waals surface area contributed by atoms with Gasteiger partial charge in [0, 0.05) is 17.8 Å². The highest BCUT2D eigenvalue weighted by Crippen LogP contribution is 2.32. The lowest BCUT2D eigenvalue weighted by Gasteiger charge is -2.12. The van der Waals surface area contributed by atoms with Crippen LogP contribution in [0.2, 0.25) is 0 Å². The molecule has 0 saturated carbocycles. The summed E-state index contributed by atoms with van der Waals surface area (Å²) in [6.45, 7) is -0.506. The zero-order chi connectivity index (χ0) is 20.3. The highest BCUT2D eigenvalue weighted by molar-refractivity contribution is 8.18. The Morgan fingerprint density at radius 2 is 1.93 bits per heavy atom. The van der Waals surface area contributed by atoms with Crippen LogP contribution in [0.25, 0.3) is 6.08 Å². The highest BCUT2D eigenvalue weighted by atomic mass is 32.2. The van der Waals surface area contributed by atoms with Gasteiger partial charge in [-0.1, -0.05) is 12.1 Å². The Hall–Kier alpha value is -3.53. The second-order valence-corrected chi connectivity index (χ2v) is 6.67. The van der Waals surface area contributed by atoms with Crippen LogP contribution in [0.15, 0.2) is 53.4 Å². The fourth-order valence-electron chi connectivity index (χ4n) is 2.39. The van der Waals surface area contributed by atoms with Crippen molar-refractivity contribution in [2.24, 2.45) is 0 Å². The number of hydrogen-bond donors (Lipinski definition) is 1. The fourth-order valence-corrected chi connectivity index (χ4v) is 3.23. The second-order valence-electron chi connectivity index (χ2n) is 5.68. The number of nitro benzene ring substituents is 1. The number of nitrogens with zero attached hydrogens (tertiary/aromatic N) is 2. The maximum atomic E-state index is 12.9. The molecule has 1 N–H and O–H groups in total. The van der Waals surface area contributed by atoms with Crippen molar-refractivity contribution in [2.45, 2.75) is 0 Å². The predicted octanol–water partition coefficient (Wildman–Crippen LogP) is 3.41. The molecule has 0 unspecified atom stereocenters. The zero-order valence-electron chi connectivity index (χ0n) is 14.1. The summed E-state index contributed by atoms with van der Waals surface area (Å²) < 4.78 is 12.9. The van der Waals surface area contributed by atoms with Crippen LogP contribution >= 0.6 is 11.8 Å². The van der Waals surface area contributed by atoms with Crippen molar-refractivity contribution in [1.82, 2.24) is 4.90 Å². The van der Waals surface area contributed by atoms with Crippen LogP contribution in [-0.4, -0.2) is 33.4 Å². The van der Waals surface area contributed by atoms with E-state index in [2.05, 4.69) is 5.32 Å². The molecule has 2 aromatic rings. The summed E-state index contributed by atoms with van der Waals surface area (Å²) in [5.74, 6) is -1.75. The van der Waals surface area contributed by atoms with Crippen molar-refractivity contribution in [2.75, 3.05) is 11.9 Å². The van der Waals surface area contributed by atoms with E-state index in [9.17, 15) is 28.9 Å². The van der Waals surface area contributed by atoms with Gasteiger partial charge in [0.1, 0.15) is 12.4 Å². The number of nitro groups is 1. The van der Waals surface area contributed by atoms with E-state index in [0.29, 0.717) is 23.0 Å². The van der Waals surface area contributed by atoms with Gasteiger partial charge in [-0.05, 0) is 47.7 Å². The zero-order valence-corrected chi connectivity index (χ0v) is 14.9. The normalized spacial score (nSPS) is 15.2. The molecular formula is C18H12FN3O5S. The van der Waals surface area contributed by atoms with E-state index in [4.69, 9.17) is 0 Å². The van der Waals surface area contributed by atoms with Crippen LogP contribution in [0.3, 0.4) is 0 Å². The van der Waals surface area contributed by atoms with Crippen molar-refractivity contribution >= 4 is 46.3 Å². The van der Waals surface area contributed by atoms with Crippen molar-refractivity contribution in [3.05, 3.63) is 74.9 Å². The number of non-ortho nitro benzene ring substituents is 1. The number of rotatable bonds is 5. The van der Waals surface area contributed by atoms with Crippen LogP contribution in [0.1, 0.15) is 5.56 Å². The third kappa shape index (κ3) is 4.41. The summed E-state index contributed by atoms with van der Waals surface area (Å²) in [7, 11) is 0. The molecule has 0 bridgehead atoms. The lowest BCUT2D eigenvalue weighted by Crippen LogP contribution is -2.36. The number of benzene rings is 2. The third-order valence-corrected chi connectivity index (χ3v) is 4.59.